The Morgan fingerprint density at radius 3 is 1.81 bits per heavy atom. The molecule has 1 aliphatic heterocycles. The number of aliphatic hydroxyl groups excluding tert-OH is 1. The Labute approximate surface area is 185 Å². The summed E-state index contributed by atoms with van der Waals surface area (Å²) in [6.07, 6.45) is 0.546. The average molecular weight is 414 g/mol. The van der Waals surface area contributed by atoms with Crippen LogP contribution in [-0.4, -0.2) is 41.5 Å². The van der Waals surface area contributed by atoms with E-state index in [1.54, 1.807) is 0 Å². The van der Waals surface area contributed by atoms with Gasteiger partial charge in [-0.15, -0.1) is 0 Å². The molecule has 0 radical (unpaired) electrons. The zero-order valence-electron chi connectivity index (χ0n) is 18.1. The number of likely N-dealkylation sites (tertiary alicyclic amines) is 1. The van der Waals surface area contributed by atoms with Crippen molar-refractivity contribution in [3.8, 4) is 0 Å². The fourth-order valence-corrected chi connectivity index (χ4v) is 4.78. The van der Waals surface area contributed by atoms with Crippen molar-refractivity contribution < 1.29 is 9.90 Å². The van der Waals surface area contributed by atoms with Crippen molar-refractivity contribution in [3.63, 3.8) is 0 Å². The van der Waals surface area contributed by atoms with E-state index in [1.165, 1.54) is 5.56 Å². The van der Waals surface area contributed by atoms with Crippen molar-refractivity contribution in [1.29, 1.82) is 0 Å². The maximum Gasteiger partial charge on any atom is 0.148 e. The van der Waals surface area contributed by atoms with E-state index in [4.69, 9.17) is 0 Å². The van der Waals surface area contributed by atoms with Crippen LogP contribution in [-0.2, 0) is 4.79 Å². The zero-order valence-corrected chi connectivity index (χ0v) is 18.1. The first-order chi connectivity index (χ1) is 15.1. The molecule has 4 rings (SSSR count). The SMILES string of the molecule is CC(C(=O)C(c1ccccc1)c1ccccc1)C(CN1CC[C@@H](O)C1)c1ccccc1. The second kappa shape index (κ2) is 10.0. The van der Waals surface area contributed by atoms with Crippen LogP contribution < -0.4 is 0 Å². The third kappa shape index (κ3) is 5.12. The summed E-state index contributed by atoms with van der Waals surface area (Å²) in [5.74, 6) is -0.127. The predicted octanol–water partition coefficient (Wildman–Crippen LogP) is 4.87. The van der Waals surface area contributed by atoms with Crippen molar-refractivity contribution >= 4 is 5.78 Å². The monoisotopic (exact) mass is 413 g/mol. The first-order valence-electron chi connectivity index (χ1n) is 11.2. The van der Waals surface area contributed by atoms with Gasteiger partial charge in [-0.2, -0.15) is 0 Å². The highest BCUT2D eigenvalue weighted by molar-refractivity contribution is 5.91. The van der Waals surface area contributed by atoms with Gasteiger partial charge in [-0.05, 0) is 23.1 Å². The zero-order chi connectivity index (χ0) is 21.6. The minimum atomic E-state index is -0.284. The fraction of sp³-hybridized carbons (Fsp3) is 0.321. The highest BCUT2D eigenvalue weighted by Crippen LogP contribution is 2.35. The molecule has 3 atom stereocenters. The number of ketones is 1. The summed E-state index contributed by atoms with van der Waals surface area (Å²) in [7, 11) is 0. The van der Waals surface area contributed by atoms with Crippen LogP contribution in [0.5, 0.6) is 0 Å². The third-order valence-corrected chi connectivity index (χ3v) is 6.53. The average Bonchev–Trinajstić information content (AvgIpc) is 3.24. The van der Waals surface area contributed by atoms with Crippen LogP contribution >= 0.6 is 0 Å². The van der Waals surface area contributed by atoms with E-state index >= 15 is 0 Å². The van der Waals surface area contributed by atoms with Crippen molar-refractivity contribution in [2.75, 3.05) is 19.6 Å². The number of hydrogen-bond acceptors (Lipinski definition) is 3. The van der Waals surface area contributed by atoms with Gasteiger partial charge in [-0.1, -0.05) is 97.9 Å². The van der Waals surface area contributed by atoms with Crippen LogP contribution in [0.4, 0.5) is 0 Å². The third-order valence-electron chi connectivity index (χ3n) is 6.53. The van der Waals surface area contributed by atoms with Crippen molar-refractivity contribution in [3.05, 3.63) is 108 Å². The van der Waals surface area contributed by atoms with Gasteiger partial charge in [0.1, 0.15) is 5.78 Å². The topological polar surface area (TPSA) is 40.5 Å². The van der Waals surface area contributed by atoms with Gasteiger partial charge >= 0.3 is 0 Å². The van der Waals surface area contributed by atoms with Gasteiger partial charge in [0.25, 0.3) is 0 Å². The van der Waals surface area contributed by atoms with Gasteiger partial charge in [-0.3, -0.25) is 4.79 Å². The number of nitrogens with zero attached hydrogens (tertiary/aromatic N) is 1. The molecule has 3 aromatic carbocycles. The van der Waals surface area contributed by atoms with Crippen LogP contribution in [0.3, 0.4) is 0 Å². The van der Waals surface area contributed by atoms with Crippen LogP contribution in [0.2, 0.25) is 0 Å². The molecule has 3 nitrogen and oxygen atoms in total. The van der Waals surface area contributed by atoms with E-state index in [0.29, 0.717) is 6.54 Å². The number of benzene rings is 3. The normalized spacial score (nSPS) is 18.7. The van der Waals surface area contributed by atoms with Crippen LogP contribution in [0.15, 0.2) is 91.0 Å². The van der Waals surface area contributed by atoms with E-state index in [9.17, 15) is 9.90 Å². The van der Waals surface area contributed by atoms with Gasteiger partial charge in [-0.25, -0.2) is 0 Å². The molecule has 1 heterocycles. The molecule has 0 aromatic heterocycles. The van der Waals surface area contributed by atoms with Crippen LogP contribution in [0.25, 0.3) is 0 Å². The molecule has 1 N–H and O–H groups in total. The van der Waals surface area contributed by atoms with Crippen LogP contribution in [0.1, 0.15) is 41.9 Å². The van der Waals surface area contributed by atoms with Crippen molar-refractivity contribution in [2.45, 2.75) is 31.3 Å². The Bertz CT molecular complexity index is 919. The van der Waals surface area contributed by atoms with Crippen LogP contribution in [0, 0.1) is 5.92 Å². The molecule has 1 saturated heterocycles. The van der Waals surface area contributed by atoms with Gasteiger partial charge in [0.2, 0.25) is 0 Å². The quantitative estimate of drug-likeness (QED) is 0.573. The lowest BCUT2D eigenvalue weighted by atomic mass is 9.76. The molecule has 0 saturated carbocycles. The van der Waals surface area contributed by atoms with Gasteiger partial charge in [0.05, 0.1) is 12.0 Å². The molecule has 0 bridgehead atoms. The summed E-state index contributed by atoms with van der Waals surface area (Å²) in [5.41, 5.74) is 3.26. The summed E-state index contributed by atoms with van der Waals surface area (Å²) >= 11 is 0. The van der Waals surface area contributed by atoms with Crippen molar-refractivity contribution in [1.82, 2.24) is 4.90 Å². The Kier molecular flexibility index (Phi) is 6.96. The lowest BCUT2D eigenvalue weighted by Crippen LogP contribution is -2.34. The number of carbonyl (C=O) groups excluding carboxylic acids is 1. The highest BCUT2D eigenvalue weighted by Gasteiger charge is 2.34. The molecule has 0 spiro atoms. The first kappa shape index (κ1) is 21.5. The van der Waals surface area contributed by atoms with E-state index < -0.39 is 0 Å². The van der Waals surface area contributed by atoms with Gasteiger partial charge < -0.3 is 10.0 Å². The lowest BCUT2D eigenvalue weighted by molar-refractivity contribution is -0.123. The van der Waals surface area contributed by atoms with Gasteiger partial charge in [0.15, 0.2) is 0 Å². The number of rotatable bonds is 8. The first-order valence-corrected chi connectivity index (χ1v) is 11.2. The van der Waals surface area contributed by atoms with E-state index in [1.807, 2.05) is 54.6 Å². The Hall–Kier alpha value is -2.75. The summed E-state index contributed by atoms with van der Waals surface area (Å²) in [6, 6.07) is 30.6. The molecule has 1 fully saturated rings. The number of carbonyl (C=O) groups is 1. The smallest absolute Gasteiger partial charge is 0.148 e. The van der Waals surface area contributed by atoms with E-state index in [-0.39, 0.29) is 29.6 Å². The number of Topliss-reactive ketones (excluding diaryl/α,β-unsaturated/α-hetero) is 1. The van der Waals surface area contributed by atoms with Gasteiger partial charge in [0, 0.05) is 31.5 Å². The maximum atomic E-state index is 14.0. The summed E-state index contributed by atoms with van der Waals surface area (Å²) in [6.45, 7) is 4.42. The molecule has 2 unspecified atom stereocenters. The largest absolute Gasteiger partial charge is 0.392 e. The molecule has 160 valence electrons. The molecule has 0 aliphatic carbocycles. The maximum absolute atomic E-state index is 14.0. The summed E-state index contributed by atoms with van der Waals surface area (Å²) in [4.78, 5) is 16.3. The molecule has 3 heteroatoms. The molecular weight excluding hydrogens is 382 g/mol. The molecule has 0 amide bonds. The minimum absolute atomic E-state index is 0.0777. The van der Waals surface area contributed by atoms with E-state index in [0.717, 1.165) is 30.6 Å². The minimum Gasteiger partial charge on any atom is -0.392 e. The van der Waals surface area contributed by atoms with Crippen molar-refractivity contribution in [2.24, 2.45) is 5.92 Å². The second-order valence-corrected chi connectivity index (χ2v) is 8.66. The summed E-state index contributed by atoms with van der Waals surface area (Å²) < 4.78 is 0. The highest BCUT2D eigenvalue weighted by atomic mass is 16.3. The molecular formula is C28H31NO2. The number of hydrogen-bond donors (Lipinski definition) is 1. The summed E-state index contributed by atoms with van der Waals surface area (Å²) in [5, 5.41) is 10.0. The Morgan fingerprint density at radius 1 is 0.871 bits per heavy atom. The Balaban J connectivity index is 1.66. The molecule has 1 aliphatic rings. The fourth-order valence-electron chi connectivity index (χ4n) is 4.78. The predicted molar refractivity (Wildman–Crippen MR) is 125 cm³/mol. The molecule has 3 aromatic rings. The second-order valence-electron chi connectivity index (χ2n) is 8.66. The lowest BCUT2D eigenvalue weighted by Gasteiger charge is -2.31. The molecule has 31 heavy (non-hydrogen) atoms. The van der Waals surface area contributed by atoms with E-state index in [2.05, 4.69) is 48.2 Å². The standard InChI is InChI=1S/C28H31NO2/c1-21(26(22-11-5-2-6-12-22)20-29-18-17-25(30)19-29)28(31)27(23-13-7-3-8-14-23)24-15-9-4-10-16-24/h2-16,21,25-27,30H,17-20H2,1H3/t21?,25-,26?/m1/s1. The Morgan fingerprint density at radius 2 is 1.35 bits per heavy atom. The number of aliphatic hydroxyl groups is 1. The number of β-amino-alcohol motifs (C(OH)–C–C–N with tert-alkyl or cyclic N) is 1.